The summed E-state index contributed by atoms with van der Waals surface area (Å²) in [5.74, 6) is -1.25. The second kappa shape index (κ2) is 7.56. The van der Waals surface area contributed by atoms with Gasteiger partial charge in [-0.2, -0.15) is 0 Å². The van der Waals surface area contributed by atoms with Gasteiger partial charge in [0.05, 0.1) is 13.0 Å². The number of anilines is 1. The number of rotatable bonds is 5. The summed E-state index contributed by atoms with van der Waals surface area (Å²) in [4.78, 5) is 23.4. The number of hydrogen-bond acceptors (Lipinski definition) is 2. The molecule has 0 aliphatic carbocycles. The highest BCUT2D eigenvalue weighted by atomic mass is 35.5. The predicted octanol–water partition coefficient (Wildman–Crippen LogP) is 2.78. The Morgan fingerprint density at radius 1 is 1.05 bits per heavy atom. The maximum absolute atomic E-state index is 13.4. The van der Waals surface area contributed by atoms with Gasteiger partial charge in [-0.1, -0.05) is 35.9 Å². The van der Waals surface area contributed by atoms with Gasteiger partial charge in [0.25, 0.3) is 0 Å². The molecular formula is C16H14ClFN2O2. The summed E-state index contributed by atoms with van der Waals surface area (Å²) in [6.45, 7) is -0.195. The molecule has 2 aromatic carbocycles. The van der Waals surface area contributed by atoms with E-state index in [1.807, 2.05) is 0 Å². The maximum Gasteiger partial charge on any atom is 0.243 e. The molecule has 0 radical (unpaired) electrons. The van der Waals surface area contributed by atoms with Gasteiger partial charge in [0.2, 0.25) is 11.8 Å². The molecule has 2 amide bonds. The van der Waals surface area contributed by atoms with Crippen molar-refractivity contribution in [1.82, 2.24) is 5.32 Å². The van der Waals surface area contributed by atoms with Crippen molar-refractivity contribution in [3.05, 3.63) is 64.9 Å². The number of carbonyl (C=O) groups excluding carboxylic acids is 2. The second-order valence-corrected chi connectivity index (χ2v) is 5.04. The van der Waals surface area contributed by atoms with E-state index in [0.29, 0.717) is 10.7 Å². The molecule has 6 heteroatoms. The van der Waals surface area contributed by atoms with E-state index >= 15 is 0 Å². The second-order valence-electron chi connectivity index (χ2n) is 4.60. The van der Waals surface area contributed by atoms with Crippen LogP contribution < -0.4 is 10.6 Å². The predicted molar refractivity (Wildman–Crippen MR) is 83.2 cm³/mol. The smallest absolute Gasteiger partial charge is 0.243 e. The fraction of sp³-hybridized carbons (Fsp3) is 0.125. The highest BCUT2D eigenvalue weighted by molar-refractivity contribution is 6.30. The van der Waals surface area contributed by atoms with Crippen LogP contribution in [0.3, 0.4) is 0 Å². The van der Waals surface area contributed by atoms with Crippen molar-refractivity contribution in [3.63, 3.8) is 0 Å². The Labute approximate surface area is 132 Å². The highest BCUT2D eigenvalue weighted by Gasteiger charge is 2.09. The molecular weight excluding hydrogens is 307 g/mol. The molecule has 2 rings (SSSR count). The van der Waals surface area contributed by atoms with Gasteiger partial charge in [0.15, 0.2) is 0 Å². The summed E-state index contributed by atoms with van der Waals surface area (Å²) in [5, 5.41) is 5.54. The zero-order valence-corrected chi connectivity index (χ0v) is 12.4. The Morgan fingerprint density at radius 3 is 2.55 bits per heavy atom. The lowest BCUT2D eigenvalue weighted by atomic mass is 10.1. The van der Waals surface area contributed by atoms with Gasteiger partial charge >= 0.3 is 0 Å². The minimum absolute atomic E-state index is 0.114. The molecule has 0 heterocycles. The third-order valence-corrected chi connectivity index (χ3v) is 3.10. The third-order valence-electron chi connectivity index (χ3n) is 2.86. The van der Waals surface area contributed by atoms with Crippen molar-refractivity contribution in [2.45, 2.75) is 6.42 Å². The minimum Gasteiger partial charge on any atom is -0.347 e. The largest absolute Gasteiger partial charge is 0.347 e. The van der Waals surface area contributed by atoms with E-state index in [4.69, 9.17) is 11.6 Å². The lowest BCUT2D eigenvalue weighted by Crippen LogP contribution is -2.33. The first-order valence-corrected chi connectivity index (χ1v) is 6.98. The Kier molecular flexibility index (Phi) is 5.49. The van der Waals surface area contributed by atoms with Crippen LogP contribution in [0.2, 0.25) is 5.02 Å². The van der Waals surface area contributed by atoms with E-state index in [0.717, 1.165) is 0 Å². The van der Waals surface area contributed by atoms with Crippen LogP contribution in [0, 0.1) is 5.82 Å². The van der Waals surface area contributed by atoms with Gasteiger partial charge in [0, 0.05) is 10.7 Å². The van der Waals surface area contributed by atoms with Crippen molar-refractivity contribution in [2.75, 3.05) is 11.9 Å². The van der Waals surface area contributed by atoms with Gasteiger partial charge in [-0.05, 0) is 29.8 Å². The van der Waals surface area contributed by atoms with Crippen molar-refractivity contribution in [1.29, 1.82) is 0 Å². The third kappa shape index (κ3) is 4.86. The number of benzene rings is 2. The number of amides is 2. The Bertz CT molecular complexity index is 691. The number of halogens is 2. The van der Waals surface area contributed by atoms with Crippen LogP contribution in [0.1, 0.15) is 5.56 Å². The van der Waals surface area contributed by atoms with Gasteiger partial charge in [-0.15, -0.1) is 0 Å². The Hall–Kier alpha value is -2.40. The fourth-order valence-corrected chi connectivity index (χ4v) is 2.02. The highest BCUT2D eigenvalue weighted by Crippen LogP contribution is 2.14. The van der Waals surface area contributed by atoms with Gasteiger partial charge in [-0.25, -0.2) is 4.39 Å². The number of carbonyl (C=O) groups is 2. The lowest BCUT2D eigenvalue weighted by molar-refractivity contribution is -0.123. The number of hydrogen-bond donors (Lipinski definition) is 2. The summed E-state index contributed by atoms with van der Waals surface area (Å²) >= 11 is 5.80. The van der Waals surface area contributed by atoms with Crippen molar-refractivity contribution in [3.8, 4) is 0 Å². The van der Waals surface area contributed by atoms with Crippen molar-refractivity contribution < 1.29 is 14.0 Å². The average Bonchev–Trinajstić information content (AvgIpc) is 2.48. The Morgan fingerprint density at radius 2 is 1.82 bits per heavy atom. The molecule has 114 valence electrons. The SMILES string of the molecule is O=C(Cc1ccccc1F)NCC(=O)Nc1cccc(Cl)c1. The standard InChI is InChI=1S/C16H14ClFN2O2/c17-12-5-3-6-13(9-12)20-16(22)10-19-15(21)8-11-4-1-2-7-14(11)18/h1-7,9H,8,10H2,(H,19,21)(H,20,22). The lowest BCUT2D eigenvalue weighted by Gasteiger charge is -2.07. The van der Waals surface area contributed by atoms with E-state index in [-0.39, 0.29) is 24.4 Å². The van der Waals surface area contributed by atoms with E-state index < -0.39 is 11.7 Å². The zero-order chi connectivity index (χ0) is 15.9. The van der Waals surface area contributed by atoms with Crippen molar-refractivity contribution >= 4 is 29.1 Å². The topological polar surface area (TPSA) is 58.2 Å². The van der Waals surface area contributed by atoms with Crippen LogP contribution in [0.4, 0.5) is 10.1 Å². The molecule has 0 atom stereocenters. The molecule has 2 N–H and O–H groups in total. The van der Waals surface area contributed by atoms with Gasteiger partial charge in [-0.3, -0.25) is 9.59 Å². The minimum atomic E-state index is -0.443. The maximum atomic E-state index is 13.4. The summed E-state index contributed by atoms with van der Waals surface area (Å²) in [6.07, 6.45) is -0.114. The summed E-state index contributed by atoms with van der Waals surface area (Å²) < 4.78 is 13.4. The number of nitrogens with one attached hydrogen (secondary N) is 2. The Balaban J connectivity index is 1.81. The van der Waals surface area contributed by atoms with Crippen LogP contribution in [-0.4, -0.2) is 18.4 Å². The summed E-state index contributed by atoms with van der Waals surface area (Å²) in [6, 6.07) is 12.7. The molecule has 0 saturated carbocycles. The monoisotopic (exact) mass is 320 g/mol. The molecule has 0 spiro atoms. The van der Waals surface area contributed by atoms with Crippen molar-refractivity contribution in [2.24, 2.45) is 0 Å². The van der Waals surface area contributed by atoms with E-state index in [1.165, 1.54) is 12.1 Å². The van der Waals surface area contributed by atoms with Gasteiger partial charge < -0.3 is 10.6 Å². The quantitative estimate of drug-likeness (QED) is 0.890. The van der Waals surface area contributed by atoms with E-state index in [1.54, 1.807) is 36.4 Å². The molecule has 0 bridgehead atoms. The molecule has 0 aliphatic rings. The van der Waals surface area contributed by atoms with Gasteiger partial charge in [0.1, 0.15) is 5.82 Å². The summed E-state index contributed by atoms with van der Waals surface area (Å²) in [7, 11) is 0. The van der Waals surface area contributed by atoms with E-state index in [9.17, 15) is 14.0 Å². The first-order chi connectivity index (χ1) is 10.5. The van der Waals surface area contributed by atoms with Crippen LogP contribution in [0.5, 0.6) is 0 Å². The average molecular weight is 321 g/mol. The molecule has 2 aromatic rings. The molecule has 0 aromatic heterocycles. The summed E-state index contributed by atoms with van der Waals surface area (Å²) in [5.41, 5.74) is 0.830. The van der Waals surface area contributed by atoms with Crippen LogP contribution in [0.25, 0.3) is 0 Å². The first-order valence-electron chi connectivity index (χ1n) is 6.60. The molecule has 0 unspecified atom stereocenters. The fourth-order valence-electron chi connectivity index (χ4n) is 1.83. The van der Waals surface area contributed by atoms with E-state index in [2.05, 4.69) is 10.6 Å². The normalized spacial score (nSPS) is 10.1. The van der Waals surface area contributed by atoms with Crippen LogP contribution in [0.15, 0.2) is 48.5 Å². The first kappa shape index (κ1) is 16.0. The molecule has 0 aliphatic heterocycles. The molecule has 0 saturated heterocycles. The molecule has 4 nitrogen and oxygen atoms in total. The molecule has 0 fully saturated rings. The van der Waals surface area contributed by atoms with Crippen LogP contribution >= 0.6 is 11.6 Å². The van der Waals surface area contributed by atoms with Crippen LogP contribution in [-0.2, 0) is 16.0 Å². The molecule has 22 heavy (non-hydrogen) atoms. The zero-order valence-electron chi connectivity index (χ0n) is 11.6.